The van der Waals surface area contributed by atoms with Crippen LogP contribution in [0.5, 0.6) is 0 Å². The molecule has 0 unspecified atom stereocenters. The Balaban J connectivity index is 1.40. The van der Waals surface area contributed by atoms with Gasteiger partial charge in [-0.25, -0.2) is 18.3 Å². The first-order valence-electron chi connectivity index (χ1n) is 10.7. The normalized spacial score (nSPS) is 15.4. The SMILES string of the molecule is Cc1ccc2c(CC(=O)N[C@H]3CCCc4c3cnn4-c3ccc(F)cc3F)cc(=O)oc2c1. The summed E-state index contributed by atoms with van der Waals surface area (Å²) < 4.78 is 34.4. The summed E-state index contributed by atoms with van der Waals surface area (Å²) in [5.74, 6) is -1.59. The van der Waals surface area contributed by atoms with Gasteiger partial charge in [-0.3, -0.25) is 4.79 Å². The highest BCUT2D eigenvalue weighted by molar-refractivity contribution is 5.87. The molecule has 168 valence electrons. The van der Waals surface area contributed by atoms with E-state index in [0.29, 0.717) is 24.0 Å². The van der Waals surface area contributed by atoms with Crippen molar-refractivity contribution in [1.82, 2.24) is 15.1 Å². The van der Waals surface area contributed by atoms with Crippen LogP contribution in [0.2, 0.25) is 0 Å². The number of hydrogen-bond donors (Lipinski definition) is 1. The zero-order chi connectivity index (χ0) is 23.1. The highest BCUT2D eigenvalue weighted by Gasteiger charge is 2.27. The standard InChI is InChI=1S/C25H21F2N3O3/c1-14-5-7-17-15(11-25(32)33-23(17)9-14)10-24(31)29-20-3-2-4-21-18(20)13-28-30(21)22-8-6-16(26)12-19(22)27/h5-9,11-13,20H,2-4,10H2,1H3,(H,29,31)/t20-/m0/s1. The molecule has 0 radical (unpaired) electrons. The average molecular weight is 449 g/mol. The van der Waals surface area contributed by atoms with Crippen LogP contribution in [-0.4, -0.2) is 15.7 Å². The molecular formula is C25H21F2N3O3. The van der Waals surface area contributed by atoms with Crippen molar-refractivity contribution < 1.29 is 18.0 Å². The number of benzene rings is 2. The third kappa shape index (κ3) is 4.04. The molecule has 2 aromatic heterocycles. The predicted molar refractivity (Wildman–Crippen MR) is 118 cm³/mol. The number of nitrogens with one attached hydrogen (secondary N) is 1. The van der Waals surface area contributed by atoms with Crippen LogP contribution in [0.4, 0.5) is 8.78 Å². The molecule has 2 heterocycles. The van der Waals surface area contributed by atoms with Crippen LogP contribution in [0.3, 0.4) is 0 Å². The summed E-state index contributed by atoms with van der Waals surface area (Å²) in [4.78, 5) is 24.9. The second-order valence-electron chi connectivity index (χ2n) is 8.33. The third-order valence-corrected chi connectivity index (χ3v) is 5.99. The average Bonchev–Trinajstić information content (AvgIpc) is 3.18. The van der Waals surface area contributed by atoms with E-state index in [9.17, 15) is 18.4 Å². The minimum Gasteiger partial charge on any atom is -0.423 e. The maximum Gasteiger partial charge on any atom is 0.336 e. The van der Waals surface area contributed by atoms with Crippen molar-refractivity contribution in [2.75, 3.05) is 0 Å². The molecule has 2 aromatic carbocycles. The number of carbonyl (C=O) groups excluding carboxylic acids is 1. The predicted octanol–water partition coefficient (Wildman–Crippen LogP) is 4.30. The molecule has 6 nitrogen and oxygen atoms in total. The van der Waals surface area contributed by atoms with Gasteiger partial charge in [-0.2, -0.15) is 5.10 Å². The molecule has 1 atom stereocenters. The van der Waals surface area contributed by atoms with Crippen molar-refractivity contribution in [3.63, 3.8) is 0 Å². The molecule has 0 bridgehead atoms. The van der Waals surface area contributed by atoms with Crippen LogP contribution in [0.1, 0.15) is 41.3 Å². The van der Waals surface area contributed by atoms with Gasteiger partial charge in [0, 0.05) is 28.8 Å². The van der Waals surface area contributed by atoms with Crippen molar-refractivity contribution >= 4 is 16.9 Å². The zero-order valence-corrected chi connectivity index (χ0v) is 17.9. The Labute approximate surface area is 187 Å². The number of halogens is 2. The molecule has 1 aliphatic rings. The number of amides is 1. The maximum atomic E-state index is 14.3. The molecule has 1 N–H and O–H groups in total. The van der Waals surface area contributed by atoms with Gasteiger partial charge in [-0.15, -0.1) is 0 Å². The molecular weight excluding hydrogens is 428 g/mol. The third-order valence-electron chi connectivity index (χ3n) is 5.99. The molecule has 0 aliphatic heterocycles. The summed E-state index contributed by atoms with van der Waals surface area (Å²) in [5.41, 5.74) is 3.27. The van der Waals surface area contributed by atoms with Crippen molar-refractivity contribution in [1.29, 1.82) is 0 Å². The number of nitrogens with zero attached hydrogens (tertiary/aromatic N) is 2. The van der Waals surface area contributed by atoms with Crippen molar-refractivity contribution in [2.24, 2.45) is 0 Å². The van der Waals surface area contributed by atoms with Gasteiger partial charge >= 0.3 is 5.63 Å². The fraction of sp³-hybridized carbons (Fsp3) is 0.240. The van der Waals surface area contributed by atoms with Gasteiger partial charge in [0.15, 0.2) is 5.82 Å². The Kier molecular flexibility index (Phi) is 5.28. The van der Waals surface area contributed by atoms with E-state index in [1.807, 2.05) is 19.1 Å². The van der Waals surface area contributed by atoms with Gasteiger partial charge in [0.1, 0.15) is 17.1 Å². The smallest absolute Gasteiger partial charge is 0.336 e. The Morgan fingerprint density at radius 3 is 2.88 bits per heavy atom. The van der Waals surface area contributed by atoms with E-state index in [-0.39, 0.29) is 24.1 Å². The first kappa shape index (κ1) is 21.1. The highest BCUT2D eigenvalue weighted by Crippen LogP contribution is 2.32. The number of carbonyl (C=O) groups is 1. The van der Waals surface area contributed by atoms with Gasteiger partial charge in [-0.1, -0.05) is 12.1 Å². The molecule has 1 aliphatic carbocycles. The molecule has 8 heteroatoms. The molecule has 4 aromatic rings. The second kappa shape index (κ2) is 8.27. The van der Waals surface area contributed by atoms with Gasteiger partial charge in [-0.05, 0) is 55.5 Å². The lowest BCUT2D eigenvalue weighted by molar-refractivity contribution is -0.121. The molecule has 0 saturated heterocycles. The highest BCUT2D eigenvalue weighted by atomic mass is 19.1. The number of rotatable bonds is 4. The van der Waals surface area contributed by atoms with Crippen LogP contribution < -0.4 is 10.9 Å². The van der Waals surface area contributed by atoms with E-state index >= 15 is 0 Å². The Morgan fingerprint density at radius 1 is 1.21 bits per heavy atom. The number of aromatic nitrogens is 2. The van der Waals surface area contributed by atoms with E-state index in [2.05, 4.69) is 10.4 Å². The number of aryl methyl sites for hydroxylation is 1. The first-order chi connectivity index (χ1) is 15.9. The van der Waals surface area contributed by atoms with Gasteiger partial charge in [0.2, 0.25) is 5.91 Å². The van der Waals surface area contributed by atoms with Crippen molar-refractivity contribution in [2.45, 2.75) is 38.6 Å². The van der Waals surface area contributed by atoms with Crippen LogP contribution in [0.15, 0.2) is 57.9 Å². The summed E-state index contributed by atoms with van der Waals surface area (Å²) in [6.07, 6.45) is 3.81. The monoisotopic (exact) mass is 449 g/mol. The lowest BCUT2D eigenvalue weighted by Crippen LogP contribution is -2.32. The number of hydrogen-bond acceptors (Lipinski definition) is 4. The Hall–Kier alpha value is -3.81. The molecule has 1 amide bonds. The van der Waals surface area contributed by atoms with Crippen LogP contribution >= 0.6 is 0 Å². The van der Waals surface area contributed by atoms with Crippen LogP contribution in [0.25, 0.3) is 16.7 Å². The fourth-order valence-corrected chi connectivity index (χ4v) is 4.47. The fourth-order valence-electron chi connectivity index (χ4n) is 4.47. The zero-order valence-electron chi connectivity index (χ0n) is 17.9. The quantitative estimate of drug-likeness (QED) is 0.471. The lowest BCUT2D eigenvalue weighted by atomic mass is 9.92. The maximum absolute atomic E-state index is 14.3. The van der Waals surface area contributed by atoms with E-state index < -0.39 is 17.3 Å². The first-order valence-corrected chi connectivity index (χ1v) is 10.7. The minimum absolute atomic E-state index is 0.0255. The van der Waals surface area contributed by atoms with E-state index in [1.54, 1.807) is 12.3 Å². The molecule has 0 spiro atoms. The van der Waals surface area contributed by atoms with Crippen molar-refractivity contribution in [3.8, 4) is 5.69 Å². The summed E-state index contributed by atoms with van der Waals surface area (Å²) in [5, 5.41) is 8.06. The summed E-state index contributed by atoms with van der Waals surface area (Å²) in [7, 11) is 0. The van der Waals surface area contributed by atoms with Gasteiger partial charge in [0.05, 0.1) is 18.7 Å². The summed E-state index contributed by atoms with van der Waals surface area (Å²) in [6, 6.07) is 9.95. The largest absolute Gasteiger partial charge is 0.423 e. The minimum atomic E-state index is -0.697. The lowest BCUT2D eigenvalue weighted by Gasteiger charge is -2.24. The van der Waals surface area contributed by atoms with Crippen LogP contribution in [0, 0.1) is 18.6 Å². The summed E-state index contributed by atoms with van der Waals surface area (Å²) >= 11 is 0. The molecule has 0 saturated carbocycles. The second-order valence-corrected chi connectivity index (χ2v) is 8.33. The van der Waals surface area contributed by atoms with E-state index in [1.165, 1.54) is 22.9 Å². The molecule has 33 heavy (non-hydrogen) atoms. The molecule has 0 fully saturated rings. The van der Waals surface area contributed by atoms with E-state index in [4.69, 9.17) is 4.42 Å². The van der Waals surface area contributed by atoms with Crippen molar-refractivity contribution in [3.05, 3.63) is 93.1 Å². The van der Waals surface area contributed by atoms with Crippen LogP contribution in [-0.2, 0) is 17.6 Å². The van der Waals surface area contributed by atoms with Gasteiger partial charge in [0.25, 0.3) is 0 Å². The van der Waals surface area contributed by atoms with E-state index in [0.717, 1.165) is 34.7 Å². The summed E-state index contributed by atoms with van der Waals surface area (Å²) in [6.45, 7) is 1.90. The molecule has 5 rings (SSSR count). The Morgan fingerprint density at radius 2 is 2.06 bits per heavy atom. The van der Waals surface area contributed by atoms with Gasteiger partial charge < -0.3 is 9.73 Å². The number of fused-ring (bicyclic) bond motifs is 2. The Bertz CT molecular complexity index is 1440. The topological polar surface area (TPSA) is 77.1 Å².